The van der Waals surface area contributed by atoms with Gasteiger partial charge in [0, 0.05) is 5.69 Å². The predicted molar refractivity (Wildman–Crippen MR) is 92.4 cm³/mol. The van der Waals surface area contributed by atoms with Crippen LogP contribution >= 0.6 is 0 Å². The number of alkyl halides is 3. The van der Waals surface area contributed by atoms with Gasteiger partial charge >= 0.3 is 15.5 Å². The second-order valence-electron chi connectivity index (χ2n) is 6.52. The molecule has 0 aromatic heterocycles. The molecule has 0 heterocycles. The second kappa shape index (κ2) is 6.83. The summed E-state index contributed by atoms with van der Waals surface area (Å²) >= 11 is 0. The molecule has 0 amide bonds. The fraction of sp³-hybridized carbons (Fsp3) is 0.333. The molecule has 0 aliphatic heterocycles. The van der Waals surface area contributed by atoms with Crippen LogP contribution in [0.2, 0.25) is 0 Å². The minimum atomic E-state index is -5.42. The molecule has 2 aromatic rings. The molecule has 140 valence electrons. The molecule has 0 saturated heterocycles. The summed E-state index contributed by atoms with van der Waals surface area (Å²) in [5.41, 5.74) is -2.41. The first kappa shape index (κ1) is 18.6. The van der Waals surface area contributed by atoms with Gasteiger partial charge in [-0.25, -0.2) is 0 Å². The van der Waals surface area contributed by atoms with E-state index in [1.807, 2.05) is 6.07 Å². The SMILES string of the molecule is O=S(=O)(Nc1cccc(CC2CCc3ccc(O)cc3C2)c1)C(F)(F)F. The molecule has 8 heteroatoms. The van der Waals surface area contributed by atoms with Crippen molar-refractivity contribution in [3.63, 3.8) is 0 Å². The first-order valence-electron chi connectivity index (χ1n) is 8.13. The number of sulfonamides is 1. The number of halogens is 3. The molecule has 3 rings (SSSR count). The van der Waals surface area contributed by atoms with Crippen LogP contribution in [0.15, 0.2) is 42.5 Å². The van der Waals surface area contributed by atoms with Gasteiger partial charge in [0.15, 0.2) is 0 Å². The Morgan fingerprint density at radius 1 is 1.12 bits per heavy atom. The summed E-state index contributed by atoms with van der Waals surface area (Å²) in [7, 11) is -5.42. The molecular formula is C18H18F3NO3S. The van der Waals surface area contributed by atoms with Crippen LogP contribution in [0.1, 0.15) is 23.1 Å². The number of benzene rings is 2. The van der Waals surface area contributed by atoms with Gasteiger partial charge in [-0.15, -0.1) is 0 Å². The number of anilines is 1. The maximum Gasteiger partial charge on any atom is 0.516 e. The van der Waals surface area contributed by atoms with Crippen LogP contribution in [-0.4, -0.2) is 19.0 Å². The first-order chi connectivity index (χ1) is 12.1. The highest BCUT2D eigenvalue weighted by Crippen LogP contribution is 2.31. The van der Waals surface area contributed by atoms with E-state index in [1.54, 1.807) is 22.9 Å². The smallest absolute Gasteiger partial charge is 0.508 e. The Balaban J connectivity index is 1.72. The summed E-state index contributed by atoms with van der Waals surface area (Å²) in [4.78, 5) is 0. The van der Waals surface area contributed by atoms with Crippen molar-refractivity contribution in [1.29, 1.82) is 0 Å². The molecule has 1 aliphatic rings. The number of fused-ring (bicyclic) bond motifs is 1. The van der Waals surface area contributed by atoms with Crippen molar-refractivity contribution >= 4 is 15.7 Å². The van der Waals surface area contributed by atoms with E-state index in [9.17, 15) is 26.7 Å². The number of hydrogen-bond donors (Lipinski definition) is 2. The highest BCUT2D eigenvalue weighted by atomic mass is 32.2. The zero-order valence-corrected chi connectivity index (χ0v) is 14.6. The molecule has 0 bridgehead atoms. The Labute approximate surface area is 149 Å². The van der Waals surface area contributed by atoms with Crippen LogP contribution in [-0.2, 0) is 29.3 Å². The van der Waals surface area contributed by atoms with Crippen molar-refractivity contribution in [3.8, 4) is 5.75 Å². The fourth-order valence-corrected chi connectivity index (χ4v) is 3.85. The van der Waals surface area contributed by atoms with Gasteiger partial charge in [0.25, 0.3) is 0 Å². The number of nitrogens with one attached hydrogen (secondary N) is 1. The quantitative estimate of drug-likeness (QED) is 0.836. The molecule has 0 radical (unpaired) electrons. The molecule has 1 aliphatic carbocycles. The van der Waals surface area contributed by atoms with Crippen LogP contribution in [0.5, 0.6) is 5.75 Å². The summed E-state index contributed by atoms with van der Waals surface area (Å²) in [6, 6.07) is 11.3. The molecule has 4 nitrogen and oxygen atoms in total. The minimum Gasteiger partial charge on any atom is -0.508 e. The van der Waals surface area contributed by atoms with E-state index in [0.717, 1.165) is 30.4 Å². The maximum atomic E-state index is 12.5. The van der Waals surface area contributed by atoms with E-state index < -0.39 is 15.5 Å². The Morgan fingerprint density at radius 3 is 2.62 bits per heavy atom. The number of aryl methyl sites for hydroxylation is 1. The minimum absolute atomic E-state index is 0.103. The number of phenolic OH excluding ortho intramolecular Hbond substituents is 1. The fourth-order valence-electron chi connectivity index (χ4n) is 3.30. The Kier molecular flexibility index (Phi) is 4.88. The number of hydrogen-bond acceptors (Lipinski definition) is 3. The van der Waals surface area contributed by atoms with Gasteiger partial charge in [-0.1, -0.05) is 18.2 Å². The van der Waals surface area contributed by atoms with Crippen LogP contribution in [0, 0.1) is 5.92 Å². The van der Waals surface area contributed by atoms with Crippen molar-refractivity contribution in [2.24, 2.45) is 5.92 Å². The van der Waals surface area contributed by atoms with Crippen LogP contribution < -0.4 is 4.72 Å². The summed E-state index contributed by atoms with van der Waals surface area (Å²) in [5.74, 6) is 0.492. The molecule has 2 aromatic carbocycles. The maximum absolute atomic E-state index is 12.5. The van der Waals surface area contributed by atoms with E-state index >= 15 is 0 Å². The predicted octanol–water partition coefficient (Wildman–Crippen LogP) is 4.00. The van der Waals surface area contributed by atoms with E-state index in [-0.39, 0.29) is 17.4 Å². The van der Waals surface area contributed by atoms with Crippen LogP contribution in [0.4, 0.5) is 18.9 Å². The lowest BCUT2D eigenvalue weighted by Crippen LogP contribution is -2.29. The van der Waals surface area contributed by atoms with E-state index in [0.29, 0.717) is 6.42 Å². The van der Waals surface area contributed by atoms with Crippen molar-refractivity contribution < 1.29 is 26.7 Å². The molecule has 1 unspecified atom stereocenters. The zero-order chi connectivity index (χ0) is 18.9. The average molecular weight is 385 g/mol. The molecule has 2 N–H and O–H groups in total. The topological polar surface area (TPSA) is 66.4 Å². The van der Waals surface area contributed by atoms with Gasteiger partial charge < -0.3 is 5.11 Å². The normalized spacial score (nSPS) is 17.6. The molecule has 26 heavy (non-hydrogen) atoms. The lowest BCUT2D eigenvalue weighted by Gasteiger charge is -2.25. The third-order valence-electron chi connectivity index (χ3n) is 4.53. The van der Waals surface area contributed by atoms with Gasteiger partial charge in [-0.05, 0) is 72.6 Å². The number of aromatic hydroxyl groups is 1. The summed E-state index contributed by atoms with van der Waals surface area (Å²) in [5, 5.41) is 9.62. The Hall–Kier alpha value is -2.22. The first-order valence-corrected chi connectivity index (χ1v) is 9.61. The zero-order valence-electron chi connectivity index (χ0n) is 13.8. The standard InChI is InChI=1S/C18H18F3NO3S/c19-18(20,21)26(24,25)22-16-3-1-2-12(10-16)8-13-4-5-14-6-7-17(23)11-15(14)9-13/h1-3,6-7,10-11,13,22-23H,4-5,8-9H2. The van der Waals surface area contributed by atoms with Gasteiger partial charge in [0.2, 0.25) is 0 Å². The molecule has 0 saturated carbocycles. The van der Waals surface area contributed by atoms with Crippen molar-refractivity contribution in [1.82, 2.24) is 0 Å². The second-order valence-corrected chi connectivity index (χ2v) is 8.19. The molecule has 1 atom stereocenters. The van der Waals surface area contributed by atoms with Crippen LogP contribution in [0.3, 0.4) is 0 Å². The van der Waals surface area contributed by atoms with E-state index in [1.165, 1.54) is 23.8 Å². The van der Waals surface area contributed by atoms with Crippen LogP contribution in [0.25, 0.3) is 0 Å². The molecular weight excluding hydrogens is 367 g/mol. The lowest BCUT2D eigenvalue weighted by molar-refractivity contribution is -0.0429. The van der Waals surface area contributed by atoms with Crippen molar-refractivity contribution in [2.75, 3.05) is 4.72 Å². The Bertz CT molecular complexity index is 910. The summed E-state index contributed by atoms with van der Waals surface area (Å²) in [6.07, 6.45) is 3.19. The van der Waals surface area contributed by atoms with Crippen molar-refractivity contribution in [2.45, 2.75) is 31.2 Å². The lowest BCUT2D eigenvalue weighted by atomic mass is 9.81. The van der Waals surface area contributed by atoms with Gasteiger partial charge in [0.05, 0.1) is 0 Å². The Morgan fingerprint density at radius 2 is 1.88 bits per heavy atom. The molecule has 0 fully saturated rings. The van der Waals surface area contributed by atoms with E-state index in [2.05, 4.69) is 0 Å². The highest BCUT2D eigenvalue weighted by molar-refractivity contribution is 7.93. The highest BCUT2D eigenvalue weighted by Gasteiger charge is 2.46. The monoisotopic (exact) mass is 385 g/mol. The molecule has 0 spiro atoms. The van der Waals surface area contributed by atoms with Gasteiger partial charge in [0.1, 0.15) is 5.75 Å². The number of rotatable bonds is 4. The average Bonchev–Trinajstić information content (AvgIpc) is 2.53. The third kappa shape index (κ3) is 4.12. The van der Waals surface area contributed by atoms with Gasteiger partial charge in [-0.3, -0.25) is 4.72 Å². The van der Waals surface area contributed by atoms with E-state index in [4.69, 9.17) is 0 Å². The van der Waals surface area contributed by atoms with Crippen molar-refractivity contribution in [3.05, 3.63) is 59.2 Å². The summed E-state index contributed by atoms with van der Waals surface area (Å²) in [6.45, 7) is 0. The largest absolute Gasteiger partial charge is 0.516 e. The number of phenols is 1. The van der Waals surface area contributed by atoms with Gasteiger partial charge in [-0.2, -0.15) is 21.6 Å². The third-order valence-corrected chi connectivity index (χ3v) is 5.64. The summed E-state index contributed by atoms with van der Waals surface area (Å²) < 4.78 is 61.5.